The highest BCUT2D eigenvalue weighted by molar-refractivity contribution is 9.10. The van der Waals surface area contributed by atoms with Crippen molar-refractivity contribution in [1.82, 2.24) is 4.98 Å². The highest BCUT2D eigenvalue weighted by atomic mass is 79.9. The summed E-state index contributed by atoms with van der Waals surface area (Å²) in [6, 6.07) is 14.8. The van der Waals surface area contributed by atoms with Crippen LogP contribution < -0.4 is 10.1 Å². The van der Waals surface area contributed by atoms with E-state index in [4.69, 9.17) is 16.3 Å². The first-order valence-corrected chi connectivity index (χ1v) is 9.41. The second-order valence-corrected chi connectivity index (χ2v) is 7.78. The van der Waals surface area contributed by atoms with Gasteiger partial charge in [-0.15, -0.1) is 11.3 Å². The number of aromatic nitrogens is 1. The molecule has 0 aliphatic rings. The van der Waals surface area contributed by atoms with Crippen LogP contribution in [0.1, 0.15) is 4.88 Å². The Kier molecular flexibility index (Phi) is 5.73. The van der Waals surface area contributed by atoms with Gasteiger partial charge in [-0.05, 0) is 37.3 Å². The zero-order chi connectivity index (χ0) is 17.8. The Hall–Kier alpha value is -1.89. The van der Waals surface area contributed by atoms with E-state index in [9.17, 15) is 4.79 Å². The maximum Gasteiger partial charge on any atom is 0.264 e. The normalized spacial score (nSPS) is 10.5. The topological polar surface area (TPSA) is 51.2 Å². The van der Waals surface area contributed by atoms with Crippen molar-refractivity contribution in [3.05, 3.63) is 62.9 Å². The molecule has 1 aromatic heterocycles. The number of nitrogens with one attached hydrogen (secondary N) is 1. The predicted molar refractivity (Wildman–Crippen MR) is 106 cm³/mol. The molecule has 3 rings (SSSR count). The maximum atomic E-state index is 12.1. The Balaban J connectivity index is 1.64. The van der Waals surface area contributed by atoms with E-state index < -0.39 is 0 Å². The average Bonchev–Trinajstić information content (AvgIpc) is 2.94. The standard InChI is InChI=1S/C18H14BrClN2O2S/c1-11-17(12-5-7-13(19)8-6-12)22-18(25-11)21-16(23)10-24-15-4-2-3-14(20)9-15/h2-9H,10H2,1H3,(H,21,22,23). The number of benzene rings is 2. The predicted octanol–water partition coefficient (Wildman–Crippen LogP) is 5.55. The minimum Gasteiger partial charge on any atom is -0.484 e. The molecule has 1 N–H and O–H groups in total. The molecule has 0 atom stereocenters. The molecular weight excluding hydrogens is 424 g/mol. The molecule has 128 valence electrons. The van der Waals surface area contributed by atoms with Gasteiger partial charge in [0.05, 0.1) is 5.69 Å². The van der Waals surface area contributed by atoms with E-state index in [0.717, 1.165) is 20.6 Å². The maximum absolute atomic E-state index is 12.1. The molecule has 4 nitrogen and oxygen atoms in total. The van der Waals surface area contributed by atoms with Crippen LogP contribution in [0.15, 0.2) is 53.0 Å². The number of nitrogens with zero attached hydrogens (tertiary/aromatic N) is 1. The lowest BCUT2D eigenvalue weighted by atomic mass is 10.1. The summed E-state index contributed by atoms with van der Waals surface area (Å²) in [7, 11) is 0. The molecule has 0 unspecified atom stereocenters. The summed E-state index contributed by atoms with van der Waals surface area (Å²) in [5.74, 6) is 0.282. The second-order valence-electron chi connectivity index (χ2n) is 5.22. The Bertz CT molecular complexity index is 896. The Labute approximate surface area is 162 Å². The summed E-state index contributed by atoms with van der Waals surface area (Å²) in [6.45, 7) is 1.87. The van der Waals surface area contributed by atoms with E-state index in [1.54, 1.807) is 24.3 Å². The van der Waals surface area contributed by atoms with Crippen LogP contribution in [0.3, 0.4) is 0 Å². The second kappa shape index (κ2) is 7.99. The smallest absolute Gasteiger partial charge is 0.264 e. The molecule has 0 fully saturated rings. The average molecular weight is 438 g/mol. The van der Waals surface area contributed by atoms with Gasteiger partial charge in [-0.2, -0.15) is 0 Å². The third-order valence-electron chi connectivity index (χ3n) is 3.33. The van der Waals surface area contributed by atoms with Crippen molar-refractivity contribution >= 4 is 49.9 Å². The van der Waals surface area contributed by atoms with Crippen molar-refractivity contribution in [2.45, 2.75) is 6.92 Å². The van der Waals surface area contributed by atoms with Crippen LogP contribution in [0.25, 0.3) is 11.3 Å². The van der Waals surface area contributed by atoms with Crippen molar-refractivity contribution in [2.24, 2.45) is 0 Å². The number of ether oxygens (including phenoxy) is 1. The number of aryl methyl sites for hydroxylation is 1. The molecule has 0 saturated heterocycles. The van der Waals surface area contributed by atoms with Gasteiger partial charge in [0.15, 0.2) is 11.7 Å². The number of rotatable bonds is 5. The third-order valence-corrected chi connectivity index (χ3v) is 4.98. The van der Waals surface area contributed by atoms with Gasteiger partial charge in [-0.3, -0.25) is 10.1 Å². The van der Waals surface area contributed by atoms with E-state index in [-0.39, 0.29) is 12.5 Å². The summed E-state index contributed by atoms with van der Waals surface area (Å²) in [5.41, 5.74) is 1.87. The lowest BCUT2D eigenvalue weighted by molar-refractivity contribution is -0.118. The van der Waals surface area contributed by atoms with Gasteiger partial charge in [0, 0.05) is 19.9 Å². The molecule has 2 aromatic carbocycles. The van der Waals surface area contributed by atoms with Crippen LogP contribution in [-0.2, 0) is 4.79 Å². The molecule has 1 heterocycles. The molecular formula is C18H14BrClN2O2S. The van der Waals surface area contributed by atoms with Gasteiger partial charge in [0.25, 0.3) is 5.91 Å². The van der Waals surface area contributed by atoms with Crippen LogP contribution in [0, 0.1) is 6.92 Å². The Morgan fingerprint density at radius 2 is 2.04 bits per heavy atom. The molecule has 0 spiro atoms. The number of carbonyl (C=O) groups excluding carboxylic acids is 1. The molecule has 0 aliphatic carbocycles. The molecule has 0 aliphatic heterocycles. The van der Waals surface area contributed by atoms with Crippen LogP contribution in [0.5, 0.6) is 5.75 Å². The zero-order valence-corrected chi connectivity index (χ0v) is 16.4. The third kappa shape index (κ3) is 4.81. The van der Waals surface area contributed by atoms with E-state index >= 15 is 0 Å². The van der Waals surface area contributed by atoms with Crippen molar-refractivity contribution in [3.8, 4) is 17.0 Å². The fourth-order valence-electron chi connectivity index (χ4n) is 2.19. The Morgan fingerprint density at radius 3 is 2.76 bits per heavy atom. The fourth-order valence-corrected chi connectivity index (χ4v) is 3.48. The van der Waals surface area contributed by atoms with E-state index in [2.05, 4.69) is 26.2 Å². The lowest BCUT2D eigenvalue weighted by Crippen LogP contribution is -2.20. The number of anilines is 1. The molecule has 0 bridgehead atoms. The lowest BCUT2D eigenvalue weighted by Gasteiger charge is -2.05. The summed E-state index contributed by atoms with van der Waals surface area (Å²) >= 11 is 10.7. The van der Waals surface area contributed by atoms with Crippen LogP contribution in [-0.4, -0.2) is 17.5 Å². The monoisotopic (exact) mass is 436 g/mol. The van der Waals surface area contributed by atoms with Gasteiger partial charge in [0.2, 0.25) is 0 Å². The van der Waals surface area contributed by atoms with Crippen molar-refractivity contribution < 1.29 is 9.53 Å². The summed E-state index contributed by atoms with van der Waals surface area (Å²) in [4.78, 5) is 17.6. The van der Waals surface area contributed by atoms with Gasteiger partial charge < -0.3 is 4.74 Å². The van der Waals surface area contributed by atoms with E-state index in [1.165, 1.54) is 11.3 Å². The summed E-state index contributed by atoms with van der Waals surface area (Å²) in [5, 5.41) is 3.88. The van der Waals surface area contributed by atoms with E-state index in [1.807, 2.05) is 31.2 Å². The van der Waals surface area contributed by atoms with Crippen LogP contribution >= 0.6 is 38.9 Å². The van der Waals surface area contributed by atoms with Gasteiger partial charge >= 0.3 is 0 Å². The minimum atomic E-state index is -0.268. The van der Waals surface area contributed by atoms with Gasteiger partial charge in [0.1, 0.15) is 5.75 Å². The van der Waals surface area contributed by atoms with E-state index in [0.29, 0.717) is 15.9 Å². The SMILES string of the molecule is Cc1sc(NC(=O)COc2cccc(Cl)c2)nc1-c1ccc(Br)cc1. The number of carbonyl (C=O) groups is 1. The largest absolute Gasteiger partial charge is 0.484 e. The first kappa shape index (κ1) is 17.9. The quantitative estimate of drug-likeness (QED) is 0.569. The molecule has 7 heteroatoms. The number of halogens is 2. The highest BCUT2D eigenvalue weighted by Crippen LogP contribution is 2.31. The van der Waals surface area contributed by atoms with Crippen molar-refractivity contribution in [3.63, 3.8) is 0 Å². The number of hydrogen-bond donors (Lipinski definition) is 1. The van der Waals surface area contributed by atoms with Crippen molar-refractivity contribution in [1.29, 1.82) is 0 Å². The number of amides is 1. The minimum absolute atomic E-state index is 0.105. The van der Waals surface area contributed by atoms with Crippen molar-refractivity contribution in [2.75, 3.05) is 11.9 Å². The van der Waals surface area contributed by atoms with Gasteiger partial charge in [-0.1, -0.05) is 45.7 Å². The Morgan fingerprint density at radius 1 is 1.28 bits per heavy atom. The van der Waals surface area contributed by atoms with Crippen LogP contribution in [0.2, 0.25) is 5.02 Å². The molecule has 0 radical (unpaired) electrons. The fraction of sp³-hybridized carbons (Fsp3) is 0.111. The first-order valence-electron chi connectivity index (χ1n) is 7.43. The number of hydrogen-bond acceptors (Lipinski definition) is 4. The molecule has 0 saturated carbocycles. The number of thiazole rings is 1. The molecule has 25 heavy (non-hydrogen) atoms. The summed E-state index contributed by atoms with van der Waals surface area (Å²) in [6.07, 6.45) is 0. The highest BCUT2D eigenvalue weighted by Gasteiger charge is 2.12. The van der Waals surface area contributed by atoms with Crippen LogP contribution in [0.4, 0.5) is 5.13 Å². The zero-order valence-electron chi connectivity index (χ0n) is 13.3. The summed E-state index contributed by atoms with van der Waals surface area (Å²) < 4.78 is 6.44. The molecule has 3 aromatic rings. The van der Waals surface area contributed by atoms with Gasteiger partial charge in [-0.25, -0.2) is 4.98 Å². The first-order chi connectivity index (χ1) is 12.0. The molecule has 1 amide bonds.